The Hall–Kier alpha value is -3.88. The van der Waals surface area contributed by atoms with Crippen molar-refractivity contribution in [1.82, 2.24) is 0 Å². The molecule has 39 heavy (non-hydrogen) atoms. The van der Waals surface area contributed by atoms with Gasteiger partial charge in [0.25, 0.3) is 0 Å². The van der Waals surface area contributed by atoms with Gasteiger partial charge < -0.3 is 18.9 Å². The summed E-state index contributed by atoms with van der Waals surface area (Å²) in [6, 6.07) is 30.5. The van der Waals surface area contributed by atoms with Gasteiger partial charge in [-0.3, -0.25) is 0 Å². The highest BCUT2D eigenvalue weighted by Gasteiger charge is 2.78. The monoisotopic (exact) mass is 554 g/mol. The Morgan fingerprint density at radius 1 is 0.564 bits per heavy atom. The standard InChI is InChI=1S/C31H22O6S2/c1-34-27(32)30(28(33)35-2)29(19-11-3-7-15-23(19)36-24-16-8-4-12-20(24)29)38-31(39-30)21-13-5-9-17-25(21)37-26-18-10-6-14-22(26)31/h3-18H,1-2H3. The van der Waals surface area contributed by atoms with Crippen LogP contribution in [-0.4, -0.2) is 30.9 Å². The van der Waals surface area contributed by atoms with Gasteiger partial charge in [0.15, 0.2) is 0 Å². The molecule has 8 heteroatoms. The predicted octanol–water partition coefficient (Wildman–Crippen LogP) is 6.61. The van der Waals surface area contributed by atoms with Gasteiger partial charge in [-0.25, -0.2) is 9.59 Å². The van der Waals surface area contributed by atoms with Gasteiger partial charge in [-0.05, 0) is 24.3 Å². The van der Waals surface area contributed by atoms with Crippen LogP contribution in [0.15, 0.2) is 97.1 Å². The topological polar surface area (TPSA) is 71.1 Å². The first kappa shape index (κ1) is 24.2. The van der Waals surface area contributed by atoms with E-state index in [1.165, 1.54) is 37.7 Å². The number of para-hydroxylation sites is 4. The number of rotatable bonds is 2. The molecular formula is C31H22O6S2. The Labute approximate surface area is 233 Å². The van der Waals surface area contributed by atoms with Crippen LogP contribution >= 0.6 is 23.5 Å². The molecule has 3 aliphatic rings. The third-order valence-electron chi connectivity index (χ3n) is 7.49. The van der Waals surface area contributed by atoms with Crippen molar-refractivity contribution in [3.8, 4) is 23.0 Å². The molecule has 0 bridgehead atoms. The van der Waals surface area contributed by atoms with Crippen LogP contribution < -0.4 is 9.47 Å². The fourth-order valence-corrected chi connectivity index (χ4v) is 10.6. The molecule has 4 aromatic carbocycles. The van der Waals surface area contributed by atoms with Crippen molar-refractivity contribution < 1.29 is 28.5 Å². The Kier molecular flexibility index (Phi) is 5.31. The predicted molar refractivity (Wildman–Crippen MR) is 149 cm³/mol. The van der Waals surface area contributed by atoms with Crippen molar-refractivity contribution in [3.05, 3.63) is 119 Å². The van der Waals surface area contributed by atoms with Gasteiger partial charge in [-0.1, -0.05) is 72.8 Å². The maximum absolute atomic E-state index is 14.3. The van der Waals surface area contributed by atoms with E-state index in [-0.39, 0.29) is 0 Å². The molecule has 0 radical (unpaired) electrons. The third kappa shape index (κ3) is 2.96. The zero-order valence-electron chi connectivity index (χ0n) is 21.0. The number of benzene rings is 4. The van der Waals surface area contributed by atoms with E-state index >= 15 is 0 Å². The number of carbonyl (C=O) groups excluding carboxylic acids is 2. The van der Waals surface area contributed by atoms with Gasteiger partial charge in [0.1, 0.15) is 31.8 Å². The number of hydrogen-bond donors (Lipinski definition) is 0. The van der Waals surface area contributed by atoms with Crippen molar-refractivity contribution in [2.24, 2.45) is 0 Å². The lowest BCUT2D eigenvalue weighted by Gasteiger charge is -2.44. The lowest BCUT2D eigenvalue weighted by Crippen LogP contribution is -2.58. The summed E-state index contributed by atoms with van der Waals surface area (Å²) in [5.74, 6) is 1.05. The fourth-order valence-electron chi connectivity index (χ4n) is 5.92. The highest BCUT2D eigenvalue weighted by atomic mass is 32.2. The third-order valence-corrected chi connectivity index (χ3v) is 11.6. The summed E-state index contributed by atoms with van der Waals surface area (Å²) in [6.07, 6.45) is 0. The molecule has 1 saturated heterocycles. The summed E-state index contributed by atoms with van der Waals surface area (Å²) in [6.45, 7) is 0. The summed E-state index contributed by atoms with van der Waals surface area (Å²) in [7, 11) is 2.61. The van der Waals surface area contributed by atoms with Crippen LogP contribution in [0.1, 0.15) is 22.3 Å². The van der Waals surface area contributed by atoms with E-state index in [1.807, 2.05) is 97.1 Å². The van der Waals surface area contributed by atoms with Crippen LogP contribution in [0.25, 0.3) is 0 Å². The van der Waals surface area contributed by atoms with E-state index in [1.54, 1.807) is 0 Å². The van der Waals surface area contributed by atoms with E-state index < -0.39 is 25.5 Å². The second-order valence-corrected chi connectivity index (χ2v) is 12.5. The van der Waals surface area contributed by atoms with Gasteiger partial charge in [0.2, 0.25) is 4.75 Å². The second kappa shape index (κ2) is 8.56. The van der Waals surface area contributed by atoms with Crippen molar-refractivity contribution in [2.75, 3.05) is 14.2 Å². The molecule has 1 fully saturated rings. The van der Waals surface area contributed by atoms with Gasteiger partial charge in [0, 0.05) is 22.3 Å². The number of esters is 2. The van der Waals surface area contributed by atoms with Crippen molar-refractivity contribution >= 4 is 35.5 Å². The average molecular weight is 555 g/mol. The average Bonchev–Trinajstić information content (AvgIpc) is 3.30. The first-order chi connectivity index (χ1) is 19.0. The number of carbonyl (C=O) groups is 2. The smallest absolute Gasteiger partial charge is 0.335 e. The van der Waals surface area contributed by atoms with Crippen LogP contribution in [0.4, 0.5) is 0 Å². The number of hydrogen-bond acceptors (Lipinski definition) is 8. The Balaban J connectivity index is 1.67. The van der Waals surface area contributed by atoms with Crippen molar-refractivity contribution in [2.45, 2.75) is 13.6 Å². The SMILES string of the molecule is COC(=O)C1(C(=O)OC)SC2(SC13c1ccccc1Oc1ccccc13)c1ccccc1Oc1ccccc12. The minimum atomic E-state index is -1.85. The molecule has 3 aliphatic heterocycles. The quantitative estimate of drug-likeness (QED) is 0.203. The highest BCUT2D eigenvalue weighted by Crippen LogP contribution is 2.80. The maximum atomic E-state index is 14.3. The number of ether oxygens (including phenoxy) is 4. The first-order valence-electron chi connectivity index (χ1n) is 12.3. The maximum Gasteiger partial charge on any atom is 0.335 e. The van der Waals surface area contributed by atoms with Crippen LogP contribution in [0.2, 0.25) is 0 Å². The normalized spacial score (nSPS) is 18.0. The number of fused-ring (bicyclic) bond motifs is 8. The van der Waals surface area contributed by atoms with E-state index in [2.05, 4.69) is 0 Å². The van der Waals surface area contributed by atoms with Crippen LogP contribution in [0.5, 0.6) is 23.0 Å². The zero-order chi connectivity index (χ0) is 26.8. The molecule has 0 amide bonds. The molecule has 0 aromatic heterocycles. The number of methoxy groups -OCH3 is 2. The largest absolute Gasteiger partial charge is 0.467 e. The lowest BCUT2D eigenvalue weighted by atomic mass is 9.76. The minimum absolute atomic E-state index is 0.562. The molecule has 0 atom stereocenters. The molecule has 0 aliphatic carbocycles. The lowest BCUT2D eigenvalue weighted by molar-refractivity contribution is -0.157. The molecule has 2 spiro atoms. The Morgan fingerprint density at radius 2 is 0.923 bits per heavy atom. The van der Waals surface area contributed by atoms with Gasteiger partial charge in [-0.2, -0.15) is 0 Å². The zero-order valence-corrected chi connectivity index (χ0v) is 22.6. The van der Waals surface area contributed by atoms with E-state index in [4.69, 9.17) is 18.9 Å². The molecule has 6 nitrogen and oxygen atoms in total. The highest BCUT2D eigenvalue weighted by molar-refractivity contribution is 8.23. The van der Waals surface area contributed by atoms with Crippen molar-refractivity contribution in [3.63, 3.8) is 0 Å². The molecule has 194 valence electrons. The van der Waals surface area contributed by atoms with Crippen LogP contribution in [0, 0.1) is 0 Å². The molecule has 0 unspecified atom stereocenters. The summed E-state index contributed by atoms with van der Waals surface area (Å²) in [4.78, 5) is 28.5. The molecule has 0 saturated carbocycles. The second-order valence-electron chi connectivity index (χ2n) is 9.36. The van der Waals surface area contributed by atoms with E-state index in [0.717, 1.165) is 11.1 Å². The summed E-state index contributed by atoms with van der Waals surface area (Å²) >= 11 is 2.77. The molecular weight excluding hydrogens is 532 g/mol. The summed E-state index contributed by atoms with van der Waals surface area (Å²) in [5.41, 5.74) is 3.06. The van der Waals surface area contributed by atoms with Crippen LogP contribution in [0.3, 0.4) is 0 Å². The van der Waals surface area contributed by atoms with Gasteiger partial charge >= 0.3 is 11.9 Å². The molecule has 0 N–H and O–H groups in total. The fraction of sp³-hybridized carbons (Fsp3) is 0.161. The molecule has 3 heterocycles. The minimum Gasteiger partial charge on any atom is -0.467 e. The van der Waals surface area contributed by atoms with Crippen molar-refractivity contribution in [1.29, 1.82) is 0 Å². The Morgan fingerprint density at radius 3 is 1.33 bits per heavy atom. The first-order valence-corrected chi connectivity index (χ1v) is 14.0. The summed E-state index contributed by atoms with van der Waals surface area (Å²) in [5, 5.41) is 0. The van der Waals surface area contributed by atoms with Gasteiger partial charge in [-0.15, -0.1) is 23.5 Å². The number of thioether (sulfide) groups is 2. The molecule has 4 aromatic rings. The molecule has 7 rings (SSSR count). The van der Waals surface area contributed by atoms with Crippen LogP contribution in [-0.2, 0) is 27.9 Å². The Bertz CT molecular complexity index is 1560. The van der Waals surface area contributed by atoms with E-state index in [0.29, 0.717) is 34.1 Å². The van der Waals surface area contributed by atoms with E-state index in [9.17, 15) is 9.59 Å². The summed E-state index contributed by atoms with van der Waals surface area (Å²) < 4.78 is 19.6. The van der Waals surface area contributed by atoms with Gasteiger partial charge in [0.05, 0.1) is 14.2 Å².